The molecule has 2 rings (SSSR count). The lowest BCUT2D eigenvalue weighted by atomic mass is 9.94. The van der Waals surface area contributed by atoms with Gasteiger partial charge in [-0.3, -0.25) is 9.59 Å². The molecule has 0 aromatic carbocycles. The van der Waals surface area contributed by atoms with Gasteiger partial charge in [0.1, 0.15) is 0 Å². The molecule has 2 N–H and O–H groups in total. The minimum absolute atomic E-state index is 0.00505. The van der Waals surface area contributed by atoms with Crippen LogP contribution in [0.5, 0.6) is 5.88 Å². The van der Waals surface area contributed by atoms with Crippen molar-refractivity contribution in [3.63, 3.8) is 0 Å². The average Bonchev–Trinajstić information content (AvgIpc) is 2.37. The summed E-state index contributed by atoms with van der Waals surface area (Å²) in [4.78, 5) is 26.5. The van der Waals surface area contributed by atoms with Gasteiger partial charge in [0.2, 0.25) is 0 Å². The number of nitrogens with one attached hydrogen (secondary N) is 2. The number of halogens is 1. The molecular weight excluding hydrogens is 347 g/mol. The van der Waals surface area contributed by atoms with Gasteiger partial charge in [-0.2, -0.15) is 0 Å². The van der Waals surface area contributed by atoms with Crippen LogP contribution in [-0.4, -0.2) is 16.0 Å². The van der Waals surface area contributed by atoms with Crippen LogP contribution in [0, 0.1) is 0 Å². The number of aromatic nitrogens is 1. The Bertz CT molecular complexity index is 525. The van der Waals surface area contributed by atoms with Gasteiger partial charge in [0.15, 0.2) is 11.3 Å². The van der Waals surface area contributed by atoms with Crippen LogP contribution in [0.15, 0.2) is 4.79 Å². The molecule has 0 spiro atoms. The summed E-state index contributed by atoms with van der Waals surface area (Å²) in [6.45, 7) is 0.202. The van der Waals surface area contributed by atoms with Gasteiger partial charge in [-0.25, -0.2) is 0 Å². The van der Waals surface area contributed by atoms with Gasteiger partial charge >= 0.3 is 0 Å². The third kappa shape index (κ3) is 2.68. The number of carbonyl (C=O) groups excluding carboxylic acids is 1. The molecule has 18 heavy (non-hydrogen) atoms. The number of pyridine rings is 1. The van der Waals surface area contributed by atoms with E-state index in [1.54, 1.807) is 22.6 Å². The van der Waals surface area contributed by atoms with Crippen LogP contribution in [0.2, 0.25) is 0 Å². The van der Waals surface area contributed by atoms with Gasteiger partial charge in [0.25, 0.3) is 3.91 Å². The lowest BCUT2D eigenvalue weighted by molar-refractivity contribution is 0.262. The maximum atomic E-state index is 12.4. The number of rotatable bonds is 3. The normalized spacial score (nSPS) is 13.9. The predicted molar refractivity (Wildman–Crippen MR) is 76.5 cm³/mol. The van der Waals surface area contributed by atoms with Crippen molar-refractivity contribution in [3.05, 3.63) is 27.0 Å². The van der Waals surface area contributed by atoms with Crippen LogP contribution < -0.4 is 15.5 Å². The van der Waals surface area contributed by atoms with Crippen molar-refractivity contribution in [1.29, 1.82) is 0 Å². The first-order valence-corrected chi connectivity index (χ1v) is 6.95. The summed E-state index contributed by atoms with van der Waals surface area (Å²) in [5, 5.41) is 2.63. The molecule has 1 aromatic rings. The number of hydrogen-bond donors (Lipinski definition) is 2. The Balaban J connectivity index is 2.43. The molecule has 1 heterocycles. The minimum Gasteiger partial charge on any atom is -0.482 e. The van der Waals surface area contributed by atoms with Crippen molar-refractivity contribution in [3.8, 4) is 5.88 Å². The first-order chi connectivity index (χ1) is 8.63. The van der Waals surface area contributed by atoms with Crippen molar-refractivity contribution < 1.29 is 9.53 Å². The molecule has 1 amide bonds. The second kappa shape index (κ2) is 5.73. The first kappa shape index (κ1) is 13.4. The van der Waals surface area contributed by atoms with Crippen molar-refractivity contribution >= 4 is 26.5 Å². The number of methoxy groups -OCH3 is 1. The molecule has 0 saturated heterocycles. The lowest BCUT2D eigenvalue weighted by Gasteiger charge is -2.18. The second-order valence-electron chi connectivity index (χ2n) is 4.26. The number of amides is 1. The van der Waals surface area contributed by atoms with Gasteiger partial charge in [-0.1, -0.05) is 0 Å². The molecule has 0 atom stereocenters. The van der Waals surface area contributed by atoms with Crippen LogP contribution in [0.25, 0.3) is 0 Å². The Morgan fingerprint density at radius 1 is 1.44 bits per heavy atom. The van der Waals surface area contributed by atoms with Crippen LogP contribution in [0.3, 0.4) is 0 Å². The van der Waals surface area contributed by atoms with E-state index in [2.05, 4.69) is 10.3 Å². The average molecular weight is 362 g/mol. The van der Waals surface area contributed by atoms with E-state index in [1.165, 1.54) is 7.11 Å². The Labute approximate surface area is 118 Å². The zero-order valence-corrected chi connectivity index (χ0v) is 12.3. The number of aromatic amines is 1. The molecule has 0 bridgehead atoms. The highest BCUT2D eigenvalue weighted by Crippen LogP contribution is 2.21. The van der Waals surface area contributed by atoms with E-state index in [1.807, 2.05) is 0 Å². The maximum absolute atomic E-state index is 12.4. The molecular formula is C12H15IN2O3. The number of ether oxygens (including phenoxy) is 1. The van der Waals surface area contributed by atoms with E-state index in [4.69, 9.17) is 4.74 Å². The van der Waals surface area contributed by atoms with Crippen molar-refractivity contribution in [1.82, 2.24) is 10.3 Å². The van der Waals surface area contributed by atoms with Crippen molar-refractivity contribution in [2.75, 3.05) is 7.11 Å². The molecule has 0 radical (unpaired) electrons. The van der Waals surface area contributed by atoms with Gasteiger partial charge in [-0.05, 0) is 25.7 Å². The Morgan fingerprint density at radius 3 is 2.83 bits per heavy atom. The topological polar surface area (TPSA) is 71.2 Å². The SMILES string of the molecule is COc1[nH]c2c(c(=O)c1CNC(=O)I)CCCC2. The van der Waals surface area contributed by atoms with Gasteiger partial charge in [-0.15, -0.1) is 0 Å². The van der Waals surface area contributed by atoms with Gasteiger partial charge in [0, 0.05) is 33.8 Å². The third-order valence-corrected chi connectivity index (χ3v) is 3.54. The molecule has 1 aromatic heterocycles. The molecule has 1 aliphatic carbocycles. The highest BCUT2D eigenvalue weighted by Gasteiger charge is 2.19. The second-order valence-corrected chi connectivity index (χ2v) is 5.24. The number of aryl methyl sites for hydroxylation is 1. The largest absolute Gasteiger partial charge is 0.482 e. The van der Waals surface area contributed by atoms with Crippen LogP contribution in [0.4, 0.5) is 4.79 Å². The molecule has 6 heteroatoms. The lowest BCUT2D eigenvalue weighted by Crippen LogP contribution is -2.27. The Hall–Kier alpha value is -1.05. The van der Waals surface area contributed by atoms with E-state index in [0.717, 1.165) is 36.9 Å². The zero-order valence-electron chi connectivity index (χ0n) is 10.1. The highest BCUT2D eigenvalue weighted by molar-refractivity contribution is 14.1. The number of fused-ring (bicyclic) bond motifs is 1. The molecule has 1 aliphatic rings. The van der Waals surface area contributed by atoms with E-state index < -0.39 is 0 Å². The quantitative estimate of drug-likeness (QED) is 0.490. The molecule has 0 aliphatic heterocycles. The van der Waals surface area contributed by atoms with E-state index in [-0.39, 0.29) is 15.9 Å². The standard InChI is InChI=1S/C12H15IN2O3/c1-18-11-8(6-14-12(13)17)10(16)7-4-2-3-5-9(7)15-11/h2-6H2,1H3,(H,14,17)(H,15,16). The fourth-order valence-electron chi connectivity index (χ4n) is 2.28. The van der Waals surface area contributed by atoms with Gasteiger partial charge in [0.05, 0.1) is 19.2 Å². The van der Waals surface area contributed by atoms with E-state index in [9.17, 15) is 9.59 Å². The van der Waals surface area contributed by atoms with Crippen LogP contribution in [0.1, 0.15) is 29.7 Å². The van der Waals surface area contributed by atoms with Crippen molar-refractivity contribution in [2.45, 2.75) is 32.2 Å². The smallest absolute Gasteiger partial charge is 0.280 e. The summed E-state index contributed by atoms with van der Waals surface area (Å²) in [5.41, 5.74) is 2.33. The summed E-state index contributed by atoms with van der Waals surface area (Å²) < 4.78 is 5.03. The maximum Gasteiger partial charge on any atom is 0.280 e. The fraction of sp³-hybridized carbons (Fsp3) is 0.500. The monoisotopic (exact) mass is 362 g/mol. The first-order valence-electron chi connectivity index (χ1n) is 5.87. The fourth-order valence-corrected chi connectivity index (χ4v) is 2.47. The molecule has 5 nitrogen and oxygen atoms in total. The Morgan fingerprint density at radius 2 is 2.17 bits per heavy atom. The van der Waals surface area contributed by atoms with Gasteiger partial charge < -0.3 is 15.0 Å². The number of carbonyl (C=O) groups is 1. The molecule has 98 valence electrons. The highest BCUT2D eigenvalue weighted by atomic mass is 127. The van der Waals surface area contributed by atoms with E-state index in [0.29, 0.717) is 11.4 Å². The summed E-state index contributed by atoms with van der Waals surface area (Å²) in [6, 6.07) is 0. The summed E-state index contributed by atoms with van der Waals surface area (Å²) in [5.74, 6) is 0.464. The van der Waals surface area contributed by atoms with Crippen LogP contribution in [-0.2, 0) is 19.4 Å². The molecule has 0 fully saturated rings. The number of H-pyrrole nitrogens is 1. The van der Waals surface area contributed by atoms with Crippen molar-refractivity contribution in [2.24, 2.45) is 0 Å². The van der Waals surface area contributed by atoms with E-state index >= 15 is 0 Å². The predicted octanol–water partition coefficient (Wildman–Crippen LogP) is 1.91. The zero-order chi connectivity index (χ0) is 13.1. The molecule has 0 unspecified atom stereocenters. The number of hydrogen-bond acceptors (Lipinski definition) is 3. The summed E-state index contributed by atoms with van der Waals surface area (Å²) in [7, 11) is 1.52. The third-order valence-electron chi connectivity index (χ3n) is 3.16. The molecule has 0 saturated carbocycles. The Kier molecular flexibility index (Phi) is 4.26. The summed E-state index contributed by atoms with van der Waals surface area (Å²) in [6.07, 6.45) is 3.83. The van der Waals surface area contributed by atoms with Crippen LogP contribution >= 0.6 is 22.6 Å². The minimum atomic E-state index is -0.188. The summed E-state index contributed by atoms with van der Waals surface area (Å²) >= 11 is 1.64.